The molecule has 0 atom stereocenters. The predicted molar refractivity (Wildman–Crippen MR) is 58.4 cm³/mol. The minimum Gasteiger partial charge on any atom is -0.273 e. The van der Waals surface area contributed by atoms with Gasteiger partial charge in [0, 0.05) is 5.56 Å². The highest BCUT2D eigenvalue weighted by Gasteiger charge is 2.33. The highest BCUT2D eigenvalue weighted by molar-refractivity contribution is 5.60. The average Bonchev–Trinajstić information content (AvgIpc) is 2.78. The number of benzene rings is 1. The maximum absolute atomic E-state index is 12.4. The van der Waals surface area contributed by atoms with Gasteiger partial charge >= 0.3 is 6.18 Å². The third-order valence-corrected chi connectivity index (χ3v) is 2.51. The van der Waals surface area contributed by atoms with E-state index in [4.69, 9.17) is 0 Å². The molecule has 0 radical (unpaired) electrons. The first-order chi connectivity index (χ1) is 8.00. The molecule has 5 heteroatoms. The Labute approximate surface area is 96.5 Å². The summed E-state index contributed by atoms with van der Waals surface area (Å²) in [6, 6.07) is 8.36. The number of aromatic nitrogens is 2. The van der Waals surface area contributed by atoms with E-state index in [1.54, 1.807) is 6.07 Å². The fourth-order valence-electron chi connectivity index (χ4n) is 1.57. The molecule has 0 saturated heterocycles. The highest BCUT2D eigenvalue weighted by Crippen LogP contribution is 2.30. The molecule has 2 nitrogen and oxygen atoms in total. The first kappa shape index (κ1) is 11.7. The zero-order valence-electron chi connectivity index (χ0n) is 9.17. The van der Waals surface area contributed by atoms with E-state index >= 15 is 0 Å². The van der Waals surface area contributed by atoms with Gasteiger partial charge in [0.15, 0.2) is 0 Å². The largest absolute Gasteiger partial charge is 0.432 e. The van der Waals surface area contributed by atoms with Crippen LogP contribution in [0.4, 0.5) is 13.2 Å². The van der Waals surface area contributed by atoms with Gasteiger partial charge in [0.2, 0.25) is 0 Å². The van der Waals surface area contributed by atoms with Crippen LogP contribution in [0.25, 0.3) is 11.3 Å². The Morgan fingerprint density at radius 1 is 1.24 bits per heavy atom. The molecule has 0 spiro atoms. The number of nitrogens with one attached hydrogen (secondary N) is 1. The number of hydrogen-bond acceptors (Lipinski definition) is 1. The fourth-order valence-corrected chi connectivity index (χ4v) is 1.57. The standard InChI is InChI=1S/C12H11F3N2/c1-2-8-4-3-5-9(6-8)10-7-11(17-16-10)12(13,14)15/h3-7H,2H2,1H3,(H,16,17). The summed E-state index contributed by atoms with van der Waals surface area (Å²) < 4.78 is 37.2. The van der Waals surface area contributed by atoms with Gasteiger partial charge in [-0.15, -0.1) is 0 Å². The lowest BCUT2D eigenvalue weighted by Crippen LogP contribution is -2.04. The van der Waals surface area contributed by atoms with Crippen LogP contribution >= 0.6 is 0 Å². The van der Waals surface area contributed by atoms with Crippen molar-refractivity contribution in [1.29, 1.82) is 0 Å². The Morgan fingerprint density at radius 2 is 2.00 bits per heavy atom. The van der Waals surface area contributed by atoms with Crippen molar-refractivity contribution < 1.29 is 13.2 Å². The number of hydrogen-bond donors (Lipinski definition) is 1. The Morgan fingerprint density at radius 3 is 2.59 bits per heavy atom. The van der Waals surface area contributed by atoms with E-state index < -0.39 is 11.9 Å². The van der Waals surface area contributed by atoms with Crippen LogP contribution in [0.3, 0.4) is 0 Å². The van der Waals surface area contributed by atoms with E-state index in [2.05, 4.69) is 5.10 Å². The molecule has 1 aromatic carbocycles. The topological polar surface area (TPSA) is 28.7 Å². The summed E-state index contributed by atoms with van der Waals surface area (Å²) >= 11 is 0. The molecule has 0 unspecified atom stereocenters. The van der Waals surface area contributed by atoms with Crippen LogP contribution in [0.5, 0.6) is 0 Å². The van der Waals surface area contributed by atoms with Gasteiger partial charge < -0.3 is 0 Å². The first-order valence-corrected chi connectivity index (χ1v) is 5.22. The molecule has 0 aliphatic heterocycles. The average molecular weight is 240 g/mol. The summed E-state index contributed by atoms with van der Waals surface area (Å²) in [7, 11) is 0. The number of aromatic amines is 1. The minimum absolute atomic E-state index is 0.313. The zero-order valence-corrected chi connectivity index (χ0v) is 9.17. The Kier molecular flexibility index (Phi) is 2.92. The van der Waals surface area contributed by atoms with Crippen LogP contribution in [-0.2, 0) is 12.6 Å². The summed E-state index contributed by atoms with van der Waals surface area (Å²) in [5.74, 6) is 0. The van der Waals surface area contributed by atoms with Gasteiger partial charge in [0.25, 0.3) is 0 Å². The van der Waals surface area contributed by atoms with E-state index in [9.17, 15) is 13.2 Å². The summed E-state index contributed by atoms with van der Waals surface area (Å²) in [6.45, 7) is 1.99. The molecule has 0 fully saturated rings. The van der Waals surface area contributed by atoms with Crippen LogP contribution in [0.1, 0.15) is 18.2 Å². The van der Waals surface area contributed by atoms with Gasteiger partial charge in [-0.1, -0.05) is 25.1 Å². The van der Waals surface area contributed by atoms with E-state index in [1.807, 2.05) is 30.2 Å². The number of rotatable bonds is 2. The summed E-state index contributed by atoms with van der Waals surface area (Å²) in [5, 5.41) is 5.69. The summed E-state index contributed by atoms with van der Waals surface area (Å²) in [4.78, 5) is 0. The normalized spacial score (nSPS) is 11.8. The number of alkyl halides is 3. The number of nitrogens with zero attached hydrogens (tertiary/aromatic N) is 1. The van der Waals surface area contributed by atoms with E-state index in [0.717, 1.165) is 18.1 Å². The molecule has 1 N–H and O–H groups in total. The van der Waals surface area contributed by atoms with Crippen molar-refractivity contribution in [2.24, 2.45) is 0 Å². The van der Waals surface area contributed by atoms with Crippen molar-refractivity contribution in [2.45, 2.75) is 19.5 Å². The Bertz CT molecular complexity index is 514. The second-order valence-electron chi connectivity index (χ2n) is 3.72. The molecule has 0 amide bonds. The van der Waals surface area contributed by atoms with Gasteiger partial charge in [-0.3, -0.25) is 5.10 Å². The lowest BCUT2D eigenvalue weighted by Gasteiger charge is -2.01. The molecule has 0 bridgehead atoms. The number of aryl methyl sites for hydroxylation is 1. The van der Waals surface area contributed by atoms with Crippen molar-refractivity contribution in [3.8, 4) is 11.3 Å². The number of H-pyrrole nitrogens is 1. The van der Waals surface area contributed by atoms with Gasteiger partial charge in [-0.2, -0.15) is 18.3 Å². The second kappa shape index (κ2) is 4.24. The smallest absolute Gasteiger partial charge is 0.273 e. The zero-order chi connectivity index (χ0) is 12.5. The van der Waals surface area contributed by atoms with Crippen molar-refractivity contribution >= 4 is 0 Å². The molecule has 17 heavy (non-hydrogen) atoms. The van der Waals surface area contributed by atoms with Gasteiger partial charge in [-0.25, -0.2) is 0 Å². The van der Waals surface area contributed by atoms with Crippen molar-refractivity contribution in [2.75, 3.05) is 0 Å². The first-order valence-electron chi connectivity index (χ1n) is 5.22. The van der Waals surface area contributed by atoms with Crippen LogP contribution in [0, 0.1) is 0 Å². The predicted octanol–water partition coefficient (Wildman–Crippen LogP) is 3.66. The molecule has 0 aliphatic carbocycles. The van der Waals surface area contributed by atoms with Crippen LogP contribution in [0.15, 0.2) is 30.3 Å². The van der Waals surface area contributed by atoms with Gasteiger partial charge in [-0.05, 0) is 24.1 Å². The van der Waals surface area contributed by atoms with E-state index in [-0.39, 0.29) is 0 Å². The van der Waals surface area contributed by atoms with Crippen molar-refractivity contribution in [3.05, 3.63) is 41.6 Å². The lowest BCUT2D eigenvalue weighted by molar-refractivity contribution is -0.141. The fraction of sp³-hybridized carbons (Fsp3) is 0.250. The van der Waals surface area contributed by atoms with Gasteiger partial charge in [0.05, 0.1) is 5.69 Å². The molecule has 0 saturated carbocycles. The molecular weight excluding hydrogens is 229 g/mol. The third-order valence-electron chi connectivity index (χ3n) is 2.51. The van der Waals surface area contributed by atoms with Crippen molar-refractivity contribution in [3.63, 3.8) is 0 Å². The third kappa shape index (κ3) is 2.49. The maximum atomic E-state index is 12.4. The Hall–Kier alpha value is -1.78. The number of halogens is 3. The van der Waals surface area contributed by atoms with Crippen LogP contribution < -0.4 is 0 Å². The summed E-state index contributed by atoms with van der Waals surface area (Å²) in [5.41, 5.74) is 1.25. The van der Waals surface area contributed by atoms with E-state index in [0.29, 0.717) is 11.3 Å². The lowest BCUT2D eigenvalue weighted by atomic mass is 10.1. The monoisotopic (exact) mass is 240 g/mol. The molecule has 0 aliphatic rings. The second-order valence-corrected chi connectivity index (χ2v) is 3.72. The molecule has 2 aromatic rings. The SMILES string of the molecule is CCc1cccc(-c2cc(C(F)(F)F)[nH]n2)c1. The minimum atomic E-state index is -4.38. The van der Waals surface area contributed by atoms with Crippen LogP contribution in [-0.4, -0.2) is 10.2 Å². The quantitative estimate of drug-likeness (QED) is 0.852. The van der Waals surface area contributed by atoms with Gasteiger partial charge in [0.1, 0.15) is 5.69 Å². The molecule has 90 valence electrons. The summed E-state index contributed by atoms with van der Waals surface area (Å²) in [6.07, 6.45) is -3.54. The Balaban J connectivity index is 2.37. The molecular formula is C12H11F3N2. The van der Waals surface area contributed by atoms with Crippen LogP contribution in [0.2, 0.25) is 0 Å². The molecule has 2 rings (SSSR count). The molecule has 1 heterocycles. The maximum Gasteiger partial charge on any atom is 0.432 e. The highest BCUT2D eigenvalue weighted by atomic mass is 19.4. The van der Waals surface area contributed by atoms with E-state index in [1.165, 1.54) is 0 Å². The van der Waals surface area contributed by atoms with Crippen molar-refractivity contribution in [1.82, 2.24) is 10.2 Å². The molecule has 1 aromatic heterocycles.